The zero-order chi connectivity index (χ0) is 21.8. The Morgan fingerprint density at radius 3 is 2.68 bits per heavy atom. The normalized spacial score (nSPS) is 10.6. The van der Waals surface area contributed by atoms with E-state index in [-0.39, 0.29) is 17.6 Å². The Balaban J connectivity index is 1.43. The fourth-order valence-corrected chi connectivity index (χ4v) is 3.26. The molecule has 3 aromatic carbocycles. The molecule has 0 bridgehead atoms. The smallest absolute Gasteiger partial charge is 0.264 e. The van der Waals surface area contributed by atoms with E-state index in [9.17, 15) is 4.79 Å². The van der Waals surface area contributed by atoms with Crippen molar-refractivity contribution in [1.82, 2.24) is 10.3 Å². The molecule has 7 heteroatoms. The summed E-state index contributed by atoms with van der Waals surface area (Å²) in [7, 11) is 0. The van der Waals surface area contributed by atoms with E-state index in [0.717, 1.165) is 33.5 Å². The number of carbonyl (C=O) groups excluding carboxylic acids is 1. The predicted molar refractivity (Wildman–Crippen MR) is 125 cm³/mol. The monoisotopic (exact) mass is 431 g/mol. The van der Waals surface area contributed by atoms with Gasteiger partial charge in [-0.2, -0.15) is 0 Å². The first-order valence-corrected chi connectivity index (χ1v) is 10.2. The minimum Gasteiger partial charge on any atom is -0.484 e. The fourth-order valence-electron chi connectivity index (χ4n) is 3.03. The summed E-state index contributed by atoms with van der Waals surface area (Å²) in [5.74, 6) is 0.799. The van der Waals surface area contributed by atoms with Crippen LogP contribution in [0.15, 0.2) is 71.1 Å². The first-order valence-electron chi connectivity index (χ1n) is 9.75. The molecule has 0 aliphatic rings. The van der Waals surface area contributed by atoms with E-state index < -0.39 is 0 Å². The summed E-state index contributed by atoms with van der Waals surface area (Å²) >= 11 is 5.29. The number of anilines is 1. The molecule has 1 amide bonds. The summed E-state index contributed by atoms with van der Waals surface area (Å²) in [4.78, 5) is 16.7. The van der Waals surface area contributed by atoms with Gasteiger partial charge in [-0.15, -0.1) is 0 Å². The third-order valence-corrected chi connectivity index (χ3v) is 4.85. The lowest BCUT2D eigenvalue weighted by Crippen LogP contribution is -2.37. The molecule has 0 saturated carbocycles. The second-order valence-electron chi connectivity index (χ2n) is 7.12. The van der Waals surface area contributed by atoms with Crippen molar-refractivity contribution < 1.29 is 13.9 Å². The van der Waals surface area contributed by atoms with Crippen LogP contribution < -0.4 is 15.4 Å². The van der Waals surface area contributed by atoms with Gasteiger partial charge < -0.3 is 14.5 Å². The second kappa shape index (κ2) is 8.97. The topological polar surface area (TPSA) is 76.4 Å². The lowest BCUT2D eigenvalue weighted by Gasteiger charge is -2.13. The zero-order valence-electron chi connectivity index (χ0n) is 17.1. The van der Waals surface area contributed by atoms with Crippen LogP contribution in [0.1, 0.15) is 11.1 Å². The van der Waals surface area contributed by atoms with Gasteiger partial charge in [-0.3, -0.25) is 10.1 Å². The number of amides is 1. The van der Waals surface area contributed by atoms with Gasteiger partial charge >= 0.3 is 0 Å². The Morgan fingerprint density at radius 2 is 1.87 bits per heavy atom. The Labute approximate surface area is 185 Å². The molecule has 0 fully saturated rings. The van der Waals surface area contributed by atoms with Crippen molar-refractivity contribution in [3.05, 3.63) is 77.9 Å². The maximum absolute atomic E-state index is 12.1. The number of fused-ring (bicyclic) bond motifs is 1. The third-order valence-electron chi connectivity index (χ3n) is 4.64. The van der Waals surface area contributed by atoms with Gasteiger partial charge in [0.05, 0.1) is 0 Å². The fraction of sp³-hybridized carbons (Fsp3) is 0.125. The van der Waals surface area contributed by atoms with Gasteiger partial charge in [-0.05, 0) is 73.6 Å². The Bertz CT molecular complexity index is 1250. The molecule has 0 aliphatic carbocycles. The number of ether oxygens (including phenoxy) is 1. The number of nitrogens with zero attached hydrogens (tertiary/aromatic N) is 1. The summed E-state index contributed by atoms with van der Waals surface area (Å²) in [5.41, 5.74) is 5.20. The summed E-state index contributed by atoms with van der Waals surface area (Å²) in [6.07, 6.45) is 0. The van der Waals surface area contributed by atoms with Crippen LogP contribution in [0, 0.1) is 13.8 Å². The van der Waals surface area contributed by atoms with E-state index in [2.05, 4.69) is 15.6 Å². The highest BCUT2D eigenvalue weighted by atomic mass is 32.1. The average Bonchev–Trinajstić information content (AvgIpc) is 3.17. The molecule has 1 aromatic heterocycles. The molecule has 1 heterocycles. The zero-order valence-corrected chi connectivity index (χ0v) is 18.0. The van der Waals surface area contributed by atoms with E-state index in [0.29, 0.717) is 11.6 Å². The van der Waals surface area contributed by atoms with Gasteiger partial charge in [0.15, 0.2) is 17.3 Å². The summed E-state index contributed by atoms with van der Waals surface area (Å²) in [6, 6.07) is 20.8. The van der Waals surface area contributed by atoms with Crippen LogP contribution in [0.5, 0.6) is 5.75 Å². The van der Waals surface area contributed by atoms with Gasteiger partial charge in [0.1, 0.15) is 11.3 Å². The maximum Gasteiger partial charge on any atom is 0.264 e. The highest BCUT2D eigenvalue weighted by Crippen LogP contribution is 2.28. The number of para-hydroxylation sites is 1. The van der Waals surface area contributed by atoms with E-state index in [4.69, 9.17) is 21.4 Å². The largest absolute Gasteiger partial charge is 0.484 e. The minimum absolute atomic E-state index is 0.132. The molecule has 0 aliphatic heterocycles. The Morgan fingerprint density at radius 1 is 1.06 bits per heavy atom. The van der Waals surface area contributed by atoms with Crippen LogP contribution in [-0.4, -0.2) is 22.6 Å². The number of benzene rings is 3. The number of rotatable bonds is 5. The summed E-state index contributed by atoms with van der Waals surface area (Å²) in [6.45, 7) is 3.83. The standard InChI is InChI=1S/C24H21N3O3S/c1-15-8-11-21-20(12-15)25-23(30-21)17-10-9-16(2)19(13-17)26-24(31)27-22(28)14-29-18-6-4-3-5-7-18/h3-13H,14H2,1-2H3,(H2,26,27,28,31). The van der Waals surface area contributed by atoms with Crippen LogP contribution in [0.4, 0.5) is 5.69 Å². The lowest BCUT2D eigenvalue weighted by molar-refractivity contribution is -0.121. The quantitative estimate of drug-likeness (QED) is 0.433. The lowest BCUT2D eigenvalue weighted by atomic mass is 10.1. The van der Waals surface area contributed by atoms with Crippen LogP contribution in [0.2, 0.25) is 0 Å². The number of thiocarbonyl (C=S) groups is 1. The van der Waals surface area contributed by atoms with Crippen molar-refractivity contribution in [3.63, 3.8) is 0 Å². The number of hydrogen-bond donors (Lipinski definition) is 2. The number of aryl methyl sites for hydroxylation is 2. The highest BCUT2D eigenvalue weighted by molar-refractivity contribution is 7.80. The molecule has 0 spiro atoms. The van der Waals surface area contributed by atoms with Crippen LogP contribution >= 0.6 is 12.2 Å². The van der Waals surface area contributed by atoms with Crippen molar-refractivity contribution in [3.8, 4) is 17.2 Å². The van der Waals surface area contributed by atoms with Crippen molar-refractivity contribution in [2.24, 2.45) is 0 Å². The van der Waals surface area contributed by atoms with E-state index in [1.165, 1.54) is 0 Å². The van der Waals surface area contributed by atoms with E-state index >= 15 is 0 Å². The molecule has 2 N–H and O–H groups in total. The molecule has 31 heavy (non-hydrogen) atoms. The average molecular weight is 432 g/mol. The molecule has 0 saturated heterocycles. The molecule has 0 radical (unpaired) electrons. The first-order chi connectivity index (χ1) is 15.0. The molecule has 4 rings (SSSR count). The number of oxazole rings is 1. The summed E-state index contributed by atoms with van der Waals surface area (Å²) < 4.78 is 11.3. The highest BCUT2D eigenvalue weighted by Gasteiger charge is 2.12. The Hall–Kier alpha value is -3.71. The van der Waals surface area contributed by atoms with Crippen LogP contribution in [0.3, 0.4) is 0 Å². The third kappa shape index (κ3) is 5.07. The molecule has 156 valence electrons. The minimum atomic E-state index is -0.343. The van der Waals surface area contributed by atoms with Crippen molar-refractivity contribution in [2.75, 3.05) is 11.9 Å². The van der Waals surface area contributed by atoms with Gasteiger partial charge in [-0.25, -0.2) is 4.98 Å². The van der Waals surface area contributed by atoms with Crippen LogP contribution in [-0.2, 0) is 4.79 Å². The summed E-state index contributed by atoms with van der Waals surface area (Å²) in [5, 5.41) is 5.89. The molecule has 4 aromatic rings. The number of carbonyl (C=O) groups is 1. The van der Waals surface area contributed by atoms with E-state index in [1.807, 2.05) is 68.4 Å². The maximum atomic E-state index is 12.1. The predicted octanol–water partition coefficient (Wildman–Crippen LogP) is 5.00. The SMILES string of the molecule is Cc1ccc2oc(-c3ccc(C)c(NC(=S)NC(=O)COc4ccccc4)c3)nc2c1. The number of aromatic nitrogens is 1. The van der Waals surface area contributed by atoms with Crippen molar-refractivity contribution in [2.45, 2.75) is 13.8 Å². The van der Waals surface area contributed by atoms with Gasteiger partial charge in [0.2, 0.25) is 5.89 Å². The Kier molecular flexibility index (Phi) is 5.95. The molecule has 0 unspecified atom stereocenters. The number of nitrogens with one attached hydrogen (secondary N) is 2. The second-order valence-corrected chi connectivity index (χ2v) is 7.53. The molecule has 6 nitrogen and oxygen atoms in total. The molecular weight excluding hydrogens is 410 g/mol. The number of hydrogen-bond acceptors (Lipinski definition) is 5. The van der Waals surface area contributed by atoms with E-state index in [1.54, 1.807) is 12.1 Å². The van der Waals surface area contributed by atoms with Gasteiger partial charge in [-0.1, -0.05) is 30.3 Å². The first kappa shape index (κ1) is 20.6. The van der Waals surface area contributed by atoms with Crippen molar-refractivity contribution in [1.29, 1.82) is 0 Å². The van der Waals surface area contributed by atoms with Crippen molar-refractivity contribution >= 4 is 40.0 Å². The van der Waals surface area contributed by atoms with Gasteiger partial charge in [0.25, 0.3) is 5.91 Å². The molecule has 0 atom stereocenters. The van der Waals surface area contributed by atoms with Gasteiger partial charge in [0, 0.05) is 11.3 Å². The van der Waals surface area contributed by atoms with Crippen LogP contribution in [0.25, 0.3) is 22.6 Å². The molecular formula is C24H21N3O3S.